The van der Waals surface area contributed by atoms with Crippen molar-refractivity contribution in [2.75, 3.05) is 24.6 Å². The van der Waals surface area contributed by atoms with Gasteiger partial charge in [-0.3, -0.25) is 4.79 Å². The summed E-state index contributed by atoms with van der Waals surface area (Å²) in [5.41, 5.74) is 1.28. The molecule has 2 aromatic rings. The van der Waals surface area contributed by atoms with Crippen molar-refractivity contribution in [2.45, 2.75) is 18.2 Å². The molecule has 0 fully saturated rings. The number of sulfonamides is 1. The molecule has 0 unspecified atom stereocenters. The standard InChI is InChI=1S/C16H18N2O4S/c1-2-18-13-7-8-14(23(21,22)17-9-4-10-19)11-5-3-6-12(15(11)13)16(18)20/h3,5-8,17,19H,2,4,9-10H2,1H3. The molecule has 0 bridgehead atoms. The Morgan fingerprint density at radius 3 is 2.70 bits per heavy atom. The third kappa shape index (κ3) is 2.50. The van der Waals surface area contributed by atoms with E-state index in [1.54, 1.807) is 29.2 Å². The summed E-state index contributed by atoms with van der Waals surface area (Å²) < 4.78 is 27.5. The highest BCUT2D eigenvalue weighted by Crippen LogP contribution is 2.39. The molecule has 0 aromatic heterocycles. The normalized spacial score (nSPS) is 14.0. The minimum Gasteiger partial charge on any atom is -0.396 e. The first-order chi connectivity index (χ1) is 11.0. The van der Waals surface area contributed by atoms with Crippen molar-refractivity contribution in [1.82, 2.24) is 4.72 Å². The molecule has 0 aliphatic carbocycles. The number of hydrogen-bond donors (Lipinski definition) is 2. The maximum atomic E-state index is 12.5. The fourth-order valence-corrected chi connectivity index (χ4v) is 4.21. The van der Waals surface area contributed by atoms with Crippen LogP contribution in [0, 0.1) is 0 Å². The maximum absolute atomic E-state index is 12.5. The molecule has 2 aromatic carbocycles. The SMILES string of the molecule is CCN1C(=O)c2cccc3c(S(=O)(=O)NCCCO)ccc1c23. The first-order valence-corrected chi connectivity index (χ1v) is 8.97. The van der Waals surface area contributed by atoms with Gasteiger partial charge in [-0.2, -0.15) is 0 Å². The lowest BCUT2D eigenvalue weighted by atomic mass is 10.1. The van der Waals surface area contributed by atoms with Crippen LogP contribution in [0.2, 0.25) is 0 Å². The number of nitrogens with zero attached hydrogens (tertiary/aromatic N) is 1. The van der Waals surface area contributed by atoms with E-state index in [-0.39, 0.29) is 24.0 Å². The summed E-state index contributed by atoms with van der Waals surface area (Å²) in [6.45, 7) is 2.51. The van der Waals surface area contributed by atoms with Gasteiger partial charge >= 0.3 is 0 Å². The molecular formula is C16H18N2O4S. The molecule has 1 aliphatic heterocycles. The topological polar surface area (TPSA) is 86.7 Å². The zero-order chi connectivity index (χ0) is 16.6. The molecule has 23 heavy (non-hydrogen) atoms. The van der Waals surface area contributed by atoms with Gasteiger partial charge < -0.3 is 10.0 Å². The second kappa shape index (κ2) is 5.92. The molecule has 6 nitrogen and oxygen atoms in total. The lowest BCUT2D eigenvalue weighted by molar-refractivity contribution is 0.0994. The van der Waals surface area contributed by atoms with Gasteiger partial charge in [0, 0.05) is 36.0 Å². The highest BCUT2D eigenvalue weighted by molar-refractivity contribution is 7.89. The summed E-state index contributed by atoms with van der Waals surface area (Å²) in [5, 5.41) is 10.0. The van der Waals surface area contributed by atoms with Gasteiger partial charge in [0.25, 0.3) is 5.91 Å². The van der Waals surface area contributed by atoms with Crippen molar-refractivity contribution in [1.29, 1.82) is 0 Å². The van der Waals surface area contributed by atoms with E-state index in [4.69, 9.17) is 5.11 Å². The minimum absolute atomic E-state index is 0.0771. The fraction of sp³-hybridized carbons (Fsp3) is 0.312. The zero-order valence-electron chi connectivity index (χ0n) is 12.7. The quantitative estimate of drug-likeness (QED) is 0.784. The summed E-state index contributed by atoms with van der Waals surface area (Å²) in [6.07, 6.45) is 0.350. The molecule has 122 valence electrons. The lowest BCUT2D eigenvalue weighted by Gasteiger charge is -2.15. The van der Waals surface area contributed by atoms with E-state index >= 15 is 0 Å². The van der Waals surface area contributed by atoms with Crippen LogP contribution in [0.25, 0.3) is 10.8 Å². The molecule has 0 saturated carbocycles. The Labute approximate surface area is 134 Å². The van der Waals surface area contributed by atoms with Crippen molar-refractivity contribution in [2.24, 2.45) is 0 Å². The Kier molecular flexibility index (Phi) is 4.09. The second-order valence-corrected chi connectivity index (χ2v) is 7.07. The smallest absolute Gasteiger partial charge is 0.258 e. The van der Waals surface area contributed by atoms with Crippen molar-refractivity contribution in [3.63, 3.8) is 0 Å². The first-order valence-electron chi connectivity index (χ1n) is 7.49. The average Bonchev–Trinajstić information content (AvgIpc) is 2.81. The van der Waals surface area contributed by atoms with Crippen molar-refractivity contribution in [3.8, 4) is 0 Å². The number of anilines is 1. The Bertz CT molecular complexity index is 877. The molecule has 1 aliphatic rings. The Morgan fingerprint density at radius 2 is 2.00 bits per heavy atom. The van der Waals surface area contributed by atoms with Gasteiger partial charge in [-0.25, -0.2) is 13.1 Å². The molecule has 1 amide bonds. The largest absolute Gasteiger partial charge is 0.396 e. The number of aliphatic hydroxyl groups excluding tert-OH is 1. The summed E-state index contributed by atoms with van der Waals surface area (Å²) in [7, 11) is -3.70. The third-order valence-corrected chi connectivity index (χ3v) is 5.50. The summed E-state index contributed by atoms with van der Waals surface area (Å²) in [5.74, 6) is -0.101. The maximum Gasteiger partial charge on any atom is 0.258 e. The van der Waals surface area contributed by atoms with Gasteiger partial charge in [0.05, 0.1) is 10.6 Å². The van der Waals surface area contributed by atoms with Crippen LogP contribution in [0.4, 0.5) is 5.69 Å². The van der Waals surface area contributed by atoms with Crippen LogP contribution in [0.15, 0.2) is 35.2 Å². The van der Waals surface area contributed by atoms with Gasteiger partial charge in [0.15, 0.2) is 0 Å². The number of carbonyl (C=O) groups is 1. The summed E-state index contributed by atoms with van der Waals surface area (Å²) in [6, 6.07) is 8.35. The van der Waals surface area contributed by atoms with Crippen LogP contribution < -0.4 is 9.62 Å². The molecule has 7 heteroatoms. The monoisotopic (exact) mass is 334 g/mol. The number of nitrogens with one attached hydrogen (secondary N) is 1. The van der Waals surface area contributed by atoms with Crippen LogP contribution in [0.3, 0.4) is 0 Å². The molecule has 0 spiro atoms. The van der Waals surface area contributed by atoms with Crippen LogP contribution >= 0.6 is 0 Å². The van der Waals surface area contributed by atoms with Gasteiger partial charge in [-0.15, -0.1) is 0 Å². The summed E-state index contributed by atoms with van der Waals surface area (Å²) >= 11 is 0. The van der Waals surface area contributed by atoms with Gasteiger partial charge in [0.1, 0.15) is 0 Å². The number of amides is 1. The average molecular weight is 334 g/mol. The minimum atomic E-state index is -3.70. The van der Waals surface area contributed by atoms with E-state index in [0.29, 0.717) is 29.3 Å². The summed E-state index contributed by atoms with van der Waals surface area (Å²) in [4.78, 5) is 14.2. The van der Waals surface area contributed by atoms with E-state index in [2.05, 4.69) is 4.72 Å². The van der Waals surface area contributed by atoms with Gasteiger partial charge in [-0.05, 0) is 31.5 Å². The molecule has 0 saturated heterocycles. The van der Waals surface area contributed by atoms with Crippen LogP contribution in [0.1, 0.15) is 23.7 Å². The predicted octanol–water partition coefficient (Wildman–Crippen LogP) is 1.48. The van der Waals surface area contributed by atoms with E-state index in [9.17, 15) is 13.2 Å². The third-order valence-electron chi connectivity index (χ3n) is 3.98. The molecule has 0 atom stereocenters. The number of aliphatic hydroxyl groups is 1. The van der Waals surface area contributed by atoms with Crippen LogP contribution in [-0.2, 0) is 10.0 Å². The van der Waals surface area contributed by atoms with Crippen LogP contribution in [-0.4, -0.2) is 39.1 Å². The Hall–Kier alpha value is -1.96. The van der Waals surface area contributed by atoms with Crippen molar-refractivity contribution >= 4 is 32.4 Å². The highest BCUT2D eigenvalue weighted by atomic mass is 32.2. The van der Waals surface area contributed by atoms with E-state index < -0.39 is 10.0 Å². The van der Waals surface area contributed by atoms with E-state index in [1.807, 2.05) is 6.92 Å². The zero-order valence-corrected chi connectivity index (χ0v) is 13.6. The van der Waals surface area contributed by atoms with E-state index in [1.165, 1.54) is 6.07 Å². The molecule has 0 radical (unpaired) electrons. The van der Waals surface area contributed by atoms with Crippen molar-refractivity contribution < 1.29 is 18.3 Å². The lowest BCUT2D eigenvalue weighted by Crippen LogP contribution is -2.26. The molecule has 2 N–H and O–H groups in total. The molecular weight excluding hydrogens is 316 g/mol. The number of hydrogen-bond acceptors (Lipinski definition) is 4. The molecule has 1 heterocycles. The fourth-order valence-electron chi connectivity index (χ4n) is 2.93. The van der Waals surface area contributed by atoms with Crippen LogP contribution in [0.5, 0.6) is 0 Å². The predicted molar refractivity (Wildman–Crippen MR) is 88.2 cm³/mol. The van der Waals surface area contributed by atoms with E-state index in [0.717, 1.165) is 5.69 Å². The van der Waals surface area contributed by atoms with Crippen molar-refractivity contribution in [3.05, 3.63) is 35.9 Å². The number of rotatable bonds is 6. The number of carbonyl (C=O) groups excluding carboxylic acids is 1. The first kappa shape index (κ1) is 15.9. The molecule has 3 rings (SSSR count). The Balaban J connectivity index is 2.16. The van der Waals surface area contributed by atoms with Gasteiger partial charge in [0.2, 0.25) is 10.0 Å². The Morgan fingerprint density at radius 1 is 1.22 bits per heavy atom. The highest BCUT2D eigenvalue weighted by Gasteiger charge is 2.31. The van der Waals surface area contributed by atoms with Gasteiger partial charge in [-0.1, -0.05) is 12.1 Å². The second-order valence-electron chi connectivity index (χ2n) is 5.34. The number of benzene rings is 2.